The lowest BCUT2D eigenvalue weighted by Crippen LogP contribution is -2.56. The summed E-state index contributed by atoms with van der Waals surface area (Å²) in [7, 11) is 0. The van der Waals surface area contributed by atoms with E-state index in [2.05, 4.69) is 19.2 Å². The largest absolute Gasteiger partial charge is 0.466 e. The first kappa shape index (κ1) is 21.4. The lowest BCUT2D eigenvalue weighted by molar-refractivity contribution is -0.154. The molecule has 0 radical (unpaired) electrons. The van der Waals surface area contributed by atoms with E-state index < -0.39 is 22.6 Å². The SMILES string of the molecule is CCCCNC(=O)C1N(CCCO)C(=O)[C@@H]2[C@@H](C(=O)OCC)[C@H]3CC(C)C12S3. The molecule has 3 rings (SSSR count). The molecule has 3 aliphatic rings. The van der Waals surface area contributed by atoms with E-state index in [4.69, 9.17) is 4.74 Å². The summed E-state index contributed by atoms with van der Waals surface area (Å²) < 4.78 is 4.70. The van der Waals surface area contributed by atoms with Gasteiger partial charge in [-0.3, -0.25) is 14.4 Å². The number of ether oxygens (including phenoxy) is 1. The fraction of sp³-hybridized carbons (Fsp3) is 0.850. The molecule has 0 saturated carbocycles. The van der Waals surface area contributed by atoms with Gasteiger partial charge in [-0.15, -0.1) is 11.8 Å². The Balaban J connectivity index is 1.95. The van der Waals surface area contributed by atoms with E-state index in [1.54, 1.807) is 23.6 Å². The van der Waals surface area contributed by atoms with Gasteiger partial charge in [0.2, 0.25) is 11.8 Å². The Bertz CT molecular complexity index is 630. The van der Waals surface area contributed by atoms with Crippen LogP contribution in [0.25, 0.3) is 0 Å². The molecular formula is C20H32N2O5S. The second kappa shape index (κ2) is 8.61. The van der Waals surface area contributed by atoms with Gasteiger partial charge in [0, 0.05) is 24.9 Å². The first-order valence-corrected chi connectivity index (χ1v) is 11.3. The van der Waals surface area contributed by atoms with Crippen molar-refractivity contribution in [2.24, 2.45) is 17.8 Å². The summed E-state index contributed by atoms with van der Waals surface area (Å²) in [5, 5.41) is 12.3. The molecule has 1 spiro atoms. The van der Waals surface area contributed by atoms with Crippen LogP contribution in [0.3, 0.4) is 0 Å². The molecule has 6 atom stereocenters. The van der Waals surface area contributed by atoms with Crippen LogP contribution in [0.4, 0.5) is 0 Å². The van der Waals surface area contributed by atoms with E-state index in [9.17, 15) is 19.5 Å². The number of fused-ring (bicyclic) bond motifs is 1. The number of aliphatic hydroxyl groups excluding tert-OH is 1. The normalized spacial score (nSPS) is 35.9. The predicted molar refractivity (Wildman–Crippen MR) is 107 cm³/mol. The van der Waals surface area contributed by atoms with Crippen molar-refractivity contribution in [3.63, 3.8) is 0 Å². The van der Waals surface area contributed by atoms with E-state index in [-0.39, 0.29) is 42.2 Å². The fourth-order valence-corrected chi connectivity index (χ4v) is 7.70. The molecule has 3 unspecified atom stereocenters. The lowest BCUT2D eigenvalue weighted by atomic mass is 9.66. The first-order valence-electron chi connectivity index (χ1n) is 10.5. The van der Waals surface area contributed by atoms with Crippen molar-refractivity contribution in [1.82, 2.24) is 10.2 Å². The van der Waals surface area contributed by atoms with Gasteiger partial charge < -0.3 is 20.1 Å². The molecule has 3 heterocycles. The zero-order chi connectivity index (χ0) is 20.5. The second-order valence-corrected chi connectivity index (χ2v) is 9.61. The number of aliphatic hydroxyl groups is 1. The maximum absolute atomic E-state index is 13.4. The van der Waals surface area contributed by atoms with Gasteiger partial charge in [0.25, 0.3) is 0 Å². The molecule has 0 aromatic rings. The second-order valence-electron chi connectivity index (χ2n) is 8.06. The number of likely N-dealkylation sites (tertiary alicyclic amines) is 1. The average Bonchev–Trinajstić information content (AvgIpc) is 3.24. The molecule has 0 aromatic heterocycles. The molecule has 0 aliphatic carbocycles. The smallest absolute Gasteiger partial charge is 0.310 e. The van der Waals surface area contributed by atoms with Gasteiger partial charge in [-0.05, 0) is 32.1 Å². The standard InChI is InChI=1S/C20H32N2O5S/c1-4-6-8-21-17(24)16-20-12(3)11-13(28-20)14(19(26)27-5-2)15(20)18(25)22(16)9-7-10-23/h12-16,23H,4-11H2,1-3H3,(H,21,24)/t12?,13-,14+,15+,16?,20?/m1/s1. The highest BCUT2D eigenvalue weighted by atomic mass is 32.2. The summed E-state index contributed by atoms with van der Waals surface area (Å²) in [4.78, 5) is 41.0. The van der Waals surface area contributed by atoms with Crippen molar-refractivity contribution in [1.29, 1.82) is 0 Å². The maximum Gasteiger partial charge on any atom is 0.310 e. The first-order chi connectivity index (χ1) is 13.4. The third-order valence-corrected chi connectivity index (χ3v) is 8.52. The number of thioether (sulfide) groups is 1. The summed E-state index contributed by atoms with van der Waals surface area (Å²) in [6.07, 6.45) is 3.09. The summed E-state index contributed by atoms with van der Waals surface area (Å²) in [6, 6.07) is -0.599. The van der Waals surface area contributed by atoms with Crippen LogP contribution in [0.15, 0.2) is 0 Å². The quantitative estimate of drug-likeness (QED) is 0.436. The number of unbranched alkanes of at least 4 members (excludes halogenated alkanes) is 1. The number of carbonyl (C=O) groups excluding carboxylic acids is 3. The zero-order valence-corrected chi connectivity index (χ0v) is 17.8. The summed E-state index contributed by atoms with van der Waals surface area (Å²) in [5.41, 5.74) is 0. The van der Waals surface area contributed by atoms with Crippen molar-refractivity contribution in [3.05, 3.63) is 0 Å². The van der Waals surface area contributed by atoms with Gasteiger partial charge in [-0.2, -0.15) is 0 Å². The van der Waals surface area contributed by atoms with Gasteiger partial charge in [-0.25, -0.2) is 0 Å². The molecule has 2 bridgehead atoms. The number of rotatable bonds is 9. The molecule has 3 saturated heterocycles. The van der Waals surface area contributed by atoms with Crippen molar-refractivity contribution >= 4 is 29.5 Å². The maximum atomic E-state index is 13.4. The average molecular weight is 413 g/mol. The van der Waals surface area contributed by atoms with E-state index in [1.807, 2.05) is 0 Å². The van der Waals surface area contributed by atoms with Crippen molar-refractivity contribution < 1.29 is 24.2 Å². The molecule has 2 amide bonds. The Morgan fingerprint density at radius 1 is 1.36 bits per heavy atom. The number of hydrogen-bond donors (Lipinski definition) is 2. The minimum absolute atomic E-state index is 0.0222. The molecule has 158 valence electrons. The monoisotopic (exact) mass is 412 g/mol. The molecule has 3 fully saturated rings. The Morgan fingerprint density at radius 2 is 2.11 bits per heavy atom. The van der Waals surface area contributed by atoms with Crippen LogP contribution in [0.5, 0.6) is 0 Å². The van der Waals surface area contributed by atoms with Crippen molar-refractivity contribution in [2.45, 2.75) is 62.5 Å². The highest BCUT2D eigenvalue weighted by molar-refractivity contribution is 8.02. The minimum atomic E-state index is -0.599. The Kier molecular flexibility index (Phi) is 6.59. The van der Waals surface area contributed by atoms with E-state index >= 15 is 0 Å². The fourth-order valence-electron chi connectivity index (χ4n) is 5.29. The zero-order valence-electron chi connectivity index (χ0n) is 17.0. The van der Waals surface area contributed by atoms with E-state index in [0.717, 1.165) is 19.3 Å². The molecule has 2 N–H and O–H groups in total. The number of hydrogen-bond acceptors (Lipinski definition) is 6. The van der Waals surface area contributed by atoms with Gasteiger partial charge in [0.05, 0.1) is 23.2 Å². The van der Waals surface area contributed by atoms with Crippen LogP contribution in [-0.2, 0) is 19.1 Å². The third kappa shape index (κ3) is 3.22. The molecule has 28 heavy (non-hydrogen) atoms. The van der Waals surface area contributed by atoms with Crippen LogP contribution >= 0.6 is 11.8 Å². The molecular weight excluding hydrogens is 380 g/mol. The number of nitrogens with zero attached hydrogens (tertiary/aromatic N) is 1. The molecule has 3 aliphatic heterocycles. The van der Waals surface area contributed by atoms with Gasteiger partial charge in [0.15, 0.2) is 0 Å². The number of esters is 1. The Hall–Kier alpha value is -1.28. The number of carbonyl (C=O) groups is 3. The Morgan fingerprint density at radius 3 is 2.75 bits per heavy atom. The van der Waals surface area contributed by atoms with Gasteiger partial charge in [-0.1, -0.05) is 20.3 Å². The van der Waals surface area contributed by atoms with Crippen LogP contribution < -0.4 is 5.32 Å². The lowest BCUT2D eigenvalue weighted by Gasteiger charge is -2.38. The molecule has 0 aromatic carbocycles. The third-order valence-electron chi connectivity index (χ3n) is 6.44. The van der Waals surface area contributed by atoms with E-state index in [1.165, 1.54) is 0 Å². The van der Waals surface area contributed by atoms with Crippen LogP contribution in [0.2, 0.25) is 0 Å². The topological polar surface area (TPSA) is 95.9 Å². The highest BCUT2D eigenvalue weighted by Crippen LogP contribution is 2.68. The van der Waals surface area contributed by atoms with Crippen molar-refractivity contribution in [3.8, 4) is 0 Å². The number of nitrogens with one attached hydrogen (secondary N) is 1. The Labute approximate surface area is 170 Å². The van der Waals surface area contributed by atoms with Crippen LogP contribution in [0.1, 0.15) is 46.5 Å². The predicted octanol–water partition coefficient (Wildman–Crippen LogP) is 1.19. The highest BCUT2D eigenvalue weighted by Gasteiger charge is 2.76. The van der Waals surface area contributed by atoms with Crippen molar-refractivity contribution in [2.75, 3.05) is 26.3 Å². The van der Waals surface area contributed by atoms with Gasteiger partial charge >= 0.3 is 5.97 Å². The van der Waals surface area contributed by atoms with Crippen LogP contribution in [0, 0.1) is 17.8 Å². The van der Waals surface area contributed by atoms with Gasteiger partial charge in [0.1, 0.15) is 6.04 Å². The van der Waals surface area contributed by atoms with Crippen LogP contribution in [-0.4, -0.2) is 70.1 Å². The van der Waals surface area contributed by atoms with E-state index in [0.29, 0.717) is 19.5 Å². The summed E-state index contributed by atoms with van der Waals surface area (Å²) >= 11 is 1.65. The number of amides is 2. The molecule has 7 nitrogen and oxygen atoms in total. The summed E-state index contributed by atoms with van der Waals surface area (Å²) in [5.74, 6) is -1.44. The summed E-state index contributed by atoms with van der Waals surface area (Å²) in [6.45, 7) is 7.07. The minimum Gasteiger partial charge on any atom is -0.466 e. The molecule has 8 heteroatoms.